The molecule has 17 heavy (non-hydrogen) atoms. The van der Waals surface area contributed by atoms with E-state index in [1.54, 1.807) is 0 Å². The normalized spacial score (nSPS) is 10.7. The van der Waals surface area contributed by atoms with Crippen LogP contribution in [0.5, 0.6) is 0 Å². The minimum atomic E-state index is 0.454. The van der Waals surface area contributed by atoms with Gasteiger partial charge in [0.15, 0.2) is 0 Å². The second-order valence-corrected chi connectivity index (χ2v) is 5.01. The summed E-state index contributed by atoms with van der Waals surface area (Å²) in [6.45, 7) is 3.00. The topological polar surface area (TPSA) is 43.1 Å². The lowest BCUT2D eigenvalue weighted by molar-refractivity contribution is -0.119. The number of unbranched alkanes of at least 4 members (excludes halogenated alkanes) is 8. The highest BCUT2D eigenvalue weighted by Crippen LogP contribution is 2.10. The maximum absolute atomic E-state index is 11.5. The van der Waals surface area contributed by atoms with E-state index in [0.717, 1.165) is 45.1 Å². The molecule has 0 aliphatic heterocycles. The zero-order valence-electron chi connectivity index (χ0n) is 11.7. The van der Waals surface area contributed by atoms with E-state index in [4.69, 9.17) is 5.73 Å². The number of carbonyl (C=O) groups excluding carboxylic acids is 1. The van der Waals surface area contributed by atoms with Crippen molar-refractivity contribution >= 4 is 5.78 Å². The van der Waals surface area contributed by atoms with Gasteiger partial charge in [0.2, 0.25) is 0 Å². The Kier molecular flexibility index (Phi) is 13.4. The highest BCUT2D eigenvalue weighted by molar-refractivity contribution is 5.78. The minimum absolute atomic E-state index is 0.454. The lowest BCUT2D eigenvalue weighted by Gasteiger charge is -2.02. The summed E-state index contributed by atoms with van der Waals surface area (Å²) in [6.07, 6.45) is 13.8. The Hall–Kier alpha value is -0.370. The van der Waals surface area contributed by atoms with Crippen LogP contribution in [0.3, 0.4) is 0 Å². The van der Waals surface area contributed by atoms with E-state index in [0.29, 0.717) is 5.78 Å². The van der Waals surface area contributed by atoms with Crippen LogP contribution in [0.25, 0.3) is 0 Å². The monoisotopic (exact) mass is 241 g/mol. The van der Waals surface area contributed by atoms with Gasteiger partial charge in [-0.25, -0.2) is 0 Å². The molecule has 0 amide bonds. The van der Waals surface area contributed by atoms with Gasteiger partial charge in [-0.3, -0.25) is 4.79 Å². The first-order valence-electron chi connectivity index (χ1n) is 7.53. The fraction of sp³-hybridized carbons (Fsp3) is 0.933. The van der Waals surface area contributed by atoms with Gasteiger partial charge in [-0.05, 0) is 25.8 Å². The molecule has 102 valence electrons. The van der Waals surface area contributed by atoms with Gasteiger partial charge in [0.05, 0.1) is 0 Å². The van der Waals surface area contributed by atoms with Gasteiger partial charge in [-0.15, -0.1) is 0 Å². The summed E-state index contributed by atoms with van der Waals surface area (Å²) in [4.78, 5) is 11.5. The van der Waals surface area contributed by atoms with E-state index in [-0.39, 0.29) is 0 Å². The van der Waals surface area contributed by atoms with E-state index >= 15 is 0 Å². The Morgan fingerprint density at radius 2 is 1.24 bits per heavy atom. The summed E-state index contributed by atoms with van der Waals surface area (Å²) in [5, 5.41) is 0. The van der Waals surface area contributed by atoms with Crippen molar-refractivity contribution in [2.24, 2.45) is 5.73 Å². The molecule has 0 aromatic carbocycles. The Morgan fingerprint density at radius 1 is 0.765 bits per heavy atom. The number of hydrogen-bond acceptors (Lipinski definition) is 2. The number of Topliss-reactive ketones (excluding diaryl/α,β-unsaturated/α-hetero) is 1. The molecule has 0 radical (unpaired) electrons. The molecule has 0 atom stereocenters. The van der Waals surface area contributed by atoms with Gasteiger partial charge in [-0.1, -0.05) is 51.9 Å². The molecule has 2 N–H and O–H groups in total. The van der Waals surface area contributed by atoms with E-state index in [1.807, 2.05) is 0 Å². The van der Waals surface area contributed by atoms with Crippen LogP contribution in [0.15, 0.2) is 0 Å². The standard InChI is InChI=1S/C15H31NO/c1-2-3-4-5-6-7-9-12-15(17)13-10-8-11-14-16/h2-14,16H2,1H3. The van der Waals surface area contributed by atoms with Crippen LogP contribution in [0.2, 0.25) is 0 Å². The smallest absolute Gasteiger partial charge is 0.132 e. The van der Waals surface area contributed by atoms with Crippen molar-refractivity contribution in [3.05, 3.63) is 0 Å². The van der Waals surface area contributed by atoms with Gasteiger partial charge in [0, 0.05) is 12.8 Å². The molecule has 0 heterocycles. The lowest BCUT2D eigenvalue weighted by Crippen LogP contribution is -2.00. The summed E-state index contributed by atoms with van der Waals surface area (Å²) >= 11 is 0. The van der Waals surface area contributed by atoms with Crippen molar-refractivity contribution in [2.45, 2.75) is 84.0 Å². The van der Waals surface area contributed by atoms with Crippen molar-refractivity contribution in [3.63, 3.8) is 0 Å². The number of carbonyl (C=O) groups is 1. The Balaban J connectivity index is 3.11. The molecule has 0 aromatic heterocycles. The summed E-state index contributed by atoms with van der Waals surface area (Å²) in [6, 6.07) is 0. The minimum Gasteiger partial charge on any atom is -0.330 e. The Morgan fingerprint density at radius 3 is 1.76 bits per heavy atom. The average Bonchev–Trinajstić information content (AvgIpc) is 2.33. The molecule has 0 aliphatic carbocycles. The highest BCUT2D eigenvalue weighted by atomic mass is 16.1. The van der Waals surface area contributed by atoms with Crippen molar-refractivity contribution in [3.8, 4) is 0 Å². The first kappa shape index (κ1) is 16.6. The SMILES string of the molecule is CCCCCCCCCC(=O)CCCCCN. The average molecular weight is 241 g/mol. The quantitative estimate of drug-likeness (QED) is 0.491. The molecule has 0 bridgehead atoms. The van der Waals surface area contributed by atoms with Crippen LogP contribution >= 0.6 is 0 Å². The van der Waals surface area contributed by atoms with Crippen LogP contribution in [-0.2, 0) is 4.79 Å². The van der Waals surface area contributed by atoms with Gasteiger partial charge < -0.3 is 5.73 Å². The molecule has 0 fully saturated rings. The number of rotatable bonds is 13. The lowest BCUT2D eigenvalue weighted by atomic mass is 10.0. The van der Waals surface area contributed by atoms with Gasteiger partial charge in [0.1, 0.15) is 5.78 Å². The molecule has 2 nitrogen and oxygen atoms in total. The van der Waals surface area contributed by atoms with Crippen LogP contribution in [0.4, 0.5) is 0 Å². The van der Waals surface area contributed by atoms with Crippen molar-refractivity contribution in [1.29, 1.82) is 0 Å². The van der Waals surface area contributed by atoms with Crippen LogP contribution < -0.4 is 5.73 Å². The molecule has 0 saturated carbocycles. The van der Waals surface area contributed by atoms with E-state index in [2.05, 4.69) is 6.92 Å². The zero-order chi connectivity index (χ0) is 12.8. The third kappa shape index (κ3) is 13.6. The molecule has 0 rings (SSSR count). The predicted molar refractivity (Wildman–Crippen MR) is 75.1 cm³/mol. The Bertz CT molecular complexity index is 168. The number of ketones is 1. The van der Waals surface area contributed by atoms with E-state index in [1.165, 1.54) is 38.5 Å². The van der Waals surface area contributed by atoms with Crippen LogP contribution in [0.1, 0.15) is 84.0 Å². The molecular weight excluding hydrogens is 210 g/mol. The molecule has 0 aromatic rings. The third-order valence-corrected chi connectivity index (χ3v) is 3.22. The van der Waals surface area contributed by atoms with Gasteiger partial charge in [0.25, 0.3) is 0 Å². The van der Waals surface area contributed by atoms with Crippen LogP contribution in [0, 0.1) is 0 Å². The maximum Gasteiger partial charge on any atom is 0.132 e. The number of hydrogen-bond donors (Lipinski definition) is 1. The molecule has 2 heteroatoms. The first-order chi connectivity index (χ1) is 8.31. The second kappa shape index (κ2) is 13.7. The van der Waals surface area contributed by atoms with Crippen molar-refractivity contribution < 1.29 is 4.79 Å². The summed E-state index contributed by atoms with van der Waals surface area (Å²) in [7, 11) is 0. The third-order valence-electron chi connectivity index (χ3n) is 3.22. The molecule has 0 saturated heterocycles. The van der Waals surface area contributed by atoms with E-state index in [9.17, 15) is 4.79 Å². The fourth-order valence-corrected chi connectivity index (χ4v) is 2.05. The van der Waals surface area contributed by atoms with Gasteiger partial charge in [-0.2, -0.15) is 0 Å². The molecule has 0 aliphatic rings. The van der Waals surface area contributed by atoms with E-state index < -0.39 is 0 Å². The largest absolute Gasteiger partial charge is 0.330 e. The predicted octanol–water partition coefficient (Wildman–Crippen LogP) is 4.22. The zero-order valence-corrected chi connectivity index (χ0v) is 11.7. The second-order valence-electron chi connectivity index (χ2n) is 5.01. The first-order valence-corrected chi connectivity index (χ1v) is 7.53. The highest BCUT2D eigenvalue weighted by Gasteiger charge is 2.01. The van der Waals surface area contributed by atoms with Crippen molar-refractivity contribution in [2.75, 3.05) is 6.54 Å². The van der Waals surface area contributed by atoms with Crippen LogP contribution in [-0.4, -0.2) is 12.3 Å². The summed E-state index contributed by atoms with van der Waals surface area (Å²) in [5.41, 5.74) is 5.41. The molecular formula is C15H31NO. The fourth-order valence-electron chi connectivity index (χ4n) is 2.05. The van der Waals surface area contributed by atoms with Crippen molar-refractivity contribution in [1.82, 2.24) is 0 Å². The number of nitrogens with two attached hydrogens (primary N) is 1. The molecule has 0 spiro atoms. The maximum atomic E-state index is 11.5. The van der Waals surface area contributed by atoms with Gasteiger partial charge >= 0.3 is 0 Å². The molecule has 0 unspecified atom stereocenters. The summed E-state index contributed by atoms with van der Waals surface area (Å²) in [5.74, 6) is 0.454. The summed E-state index contributed by atoms with van der Waals surface area (Å²) < 4.78 is 0. The Labute approximate surface area is 107 Å².